The number of rotatable bonds is 3. The SMILES string of the molecule is CC(C)[C@H]1CC[C@H](O[Si](C)(C)C(C)(C)C)[C@@H]2c3occc3CC[C@@H]21. The van der Waals surface area contributed by atoms with E-state index in [0.717, 1.165) is 17.8 Å². The van der Waals surface area contributed by atoms with Gasteiger partial charge in [0.1, 0.15) is 5.76 Å². The van der Waals surface area contributed by atoms with Gasteiger partial charge in [0.05, 0.1) is 12.4 Å². The lowest BCUT2D eigenvalue weighted by Gasteiger charge is -2.49. The maximum Gasteiger partial charge on any atom is 0.192 e. The molecule has 3 heteroatoms. The largest absolute Gasteiger partial charge is 0.469 e. The molecule has 0 bridgehead atoms. The second-order valence-electron chi connectivity index (χ2n) is 9.94. The highest BCUT2D eigenvalue weighted by Gasteiger charge is 2.49. The van der Waals surface area contributed by atoms with Gasteiger partial charge in [0.25, 0.3) is 0 Å². The summed E-state index contributed by atoms with van der Waals surface area (Å²) in [6.07, 6.45) is 7.23. The van der Waals surface area contributed by atoms with E-state index in [4.69, 9.17) is 8.84 Å². The molecule has 0 N–H and O–H groups in total. The first kappa shape index (κ1) is 18.3. The molecule has 0 aromatic carbocycles. The highest BCUT2D eigenvalue weighted by atomic mass is 28.4. The van der Waals surface area contributed by atoms with Gasteiger partial charge >= 0.3 is 0 Å². The van der Waals surface area contributed by atoms with Crippen LogP contribution in [0.3, 0.4) is 0 Å². The molecule has 0 saturated heterocycles. The number of hydrogen-bond donors (Lipinski definition) is 0. The smallest absolute Gasteiger partial charge is 0.192 e. The summed E-state index contributed by atoms with van der Waals surface area (Å²) in [5, 5.41) is 0.262. The minimum Gasteiger partial charge on any atom is -0.469 e. The third-order valence-electron chi connectivity index (χ3n) is 7.14. The van der Waals surface area contributed by atoms with Crippen molar-refractivity contribution in [1.82, 2.24) is 0 Å². The fourth-order valence-electron chi connectivity index (χ4n) is 4.73. The molecular weight excluding hydrogens is 312 g/mol. The van der Waals surface area contributed by atoms with Gasteiger partial charge in [-0.2, -0.15) is 0 Å². The van der Waals surface area contributed by atoms with E-state index in [-0.39, 0.29) is 5.04 Å². The minimum atomic E-state index is -1.76. The van der Waals surface area contributed by atoms with Crippen LogP contribution in [-0.4, -0.2) is 14.4 Å². The van der Waals surface area contributed by atoms with Crippen LogP contribution in [0.1, 0.15) is 71.1 Å². The normalized spacial score (nSPS) is 31.0. The molecule has 1 aromatic rings. The van der Waals surface area contributed by atoms with Crippen molar-refractivity contribution < 1.29 is 8.84 Å². The van der Waals surface area contributed by atoms with Crippen molar-refractivity contribution in [3.05, 3.63) is 23.7 Å². The minimum absolute atomic E-state index is 0.262. The van der Waals surface area contributed by atoms with E-state index in [1.807, 2.05) is 6.26 Å². The second kappa shape index (κ2) is 6.32. The Hall–Kier alpha value is -0.543. The van der Waals surface area contributed by atoms with Crippen LogP contribution in [0, 0.1) is 17.8 Å². The first-order chi connectivity index (χ1) is 11.1. The summed E-state index contributed by atoms with van der Waals surface area (Å²) in [6, 6.07) is 2.19. The fourth-order valence-corrected chi connectivity index (χ4v) is 6.11. The van der Waals surface area contributed by atoms with Gasteiger partial charge in [-0.1, -0.05) is 34.6 Å². The van der Waals surface area contributed by atoms with E-state index in [1.165, 1.54) is 37.0 Å². The molecule has 2 nitrogen and oxygen atoms in total. The molecule has 1 saturated carbocycles. The summed E-state index contributed by atoms with van der Waals surface area (Å²) >= 11 is 0. The second-order valence-corrected chi connectivity index (χ2v) is 14.7. The van der Waals surface area contributed by atoms with Crippen molar-refractivity contribution in [2.75, 3.05) is 0 Å². The molecule has 3 rings (SSSR count). The van der Waals surface area contributed by atoms with Crippen LogP contribution >= 0.6 is 0 Å². The average Bonchev–Trinajstić information content (AvgIpc) is 2.93. The zero-order valence-corrected chi connectivity index (χ0v) is 17.7. The highest BCUT2D eigenvalue weighted by Crippen LogP contribution is 2.52. The van der Waals surface area contributed by atoms with Gasteiger partial charge in [-0.05, 0) is 73.2 Å². The van der Waals surface area contributed by atoms with Crippen molar-refractivity contribution in [3.8, 4) is 0 Å². The van der Waals surface area contributed by atoms with E-state index in [1.54, 1.807) is 0 Å². The van der Waals surface area contributed by atoms with Crippen molar-refractivity contribution >= 4 is 8.32 Å². The van der Waals surface area contributed by atoms with Crippen LogP contribution in [0.2, 0.25) is 18.1 Å². The quantitative estimate of drug-likeness (QED) is 0.591. The van der Waals surface area contributed by atoms with E-state index in [0.29, 0.717) is 12.0 Å². The van der Waals surface area contributed by atoms with Crippen LogP contribution in [0.15, 0.2) is 16.7 Å². The molecule has 1 heterocycles. The topological polar surface area (TPSA) is 22.4 Å². The van der Waals surface area contributed by atoms with Gasteiger partial charge in [0, 0.05) is 5.92 Å². The van der Waals surface area contributed by atoms with Crippen LogP contribution in [0.5, 0.6) is 0 Å². The van der Waals surface area contributed by atoms with E-state index in [9.17, 15) is 0 Å². The average molecular weight is 349 g/mol. The summed E-state index contributed by atoms with van der Waals surface area (Å²) in [7, 11) is -1.76. The standard InChI is InChI=1S/C21H36O2Si/c1-14(2)16-10-11-18(23-24(6,7)21(3,4)5)19-17(16)9-8-15-12-13-22-20(15)19/h12-14,16-19H,8-11H2,1-7H3/t16-,17-,18+,19-/m1/s1. The summed E-state index contributed by atoms with van der Waals surface area (Å²) in [5.41, 5.74) is 1.43. The Balaban J connectivity index is 1.92. The Morgan fingerprint density at radius 2 is 1.88 bits per heavy atom. The number of hydrogen-bond acceptors (Lipinski definition) is 2. The summed E-state index contributed by atoms with van der Waals surface area (Å²) in [5.74, 6) is 4.02. The van der Waals surface area contributed by atoms with Gasteiger partial charge in [-0.25, -0.2) is 0 Å². The molecule has 24 heavy (non-hydrogen) atoms. The predicted octanol–water partition coefficient (Wildman–Crippen LogP) is 6.38. The zero-order valence-electron chi connectivity index (χ0n) is 16.7. The van der Waals surface area contributed by atoms with E-state index >= 15 is 0 Å². The van der Waals surface area contributed by atoms with Gasteiger partial charge in [0.2, 0.25) is 0 Å². The number of furan rings is 1. The van der Waals surface area contributed by atoms with Gasteiger partial charge in [-0.3, -0.25) is 0 Å². The molecule has 0 spiro atoms. The molecule has 4 atom stereocenters. The molecule has 2 aliphatic carbocycles. The van der Waals surface area contributed by atoms with Gasteiger partial charge in [0.15, 0.2) is 8.32 Å². The van der Waals surface area contributed by atoms with Crippen molar-refractivity contribution in [2.24, 2.45) is 17.8 Å². The first-order valence-corrected chi connectivity index (χ1v) is 12.8. The van der Waals surface area contributed by atoms with Gasteiger partial charge < -0.3 is 8.84 Å². The Morgan fingerprint density at radius 3 is 2.50 bits per heavy atom. The lowest BCUT2D eigenvalue weighted by molar-refractivity contribution is 0.0160. The molecule has 0 unspecified atom stereocenters. The Labute approximate surface area is 149 Å². The zero-order chi connectivity index (χ0) is 17.7. The molecule has 2 aliphatic rings. The third-order valence-corrected chi connectivity index (χ3v) is 11.6. The highest BCUT2D eigenvalue weighted by molar-refractivity contribution is 6.74. The fraction of sp³-hybridized carbons (Fsp3) is 0.810. The van der Waals surface area contributed by atoms with Gasteiger partial charge in [-0.15, -0.1) is 0 Å². The van der Waals surface area contributed by atoms with E-state index in [2.05, 4.69) is 53.8 Å². The monoisotopic (exact) mass is 348 g/mol. The molecule has 1 fully saturated rings. The molecule has 0 radical (unpaired) electrons. The lowest BCUT2D eigenvalue weighted by Crippen LogP contribution is -2.49. The van der Waals surface area contributed by atoms with Crippen LogP contribution in [0.4, 0.5) is 0 Å². The molecule has 0 aliphatic heterocycles. The Bertz CT molecular complexity index is 567. The number of fused-ring (bicyclic) bond motifs is 3. The van der Waals surface area contributed by atoms with Crippen LogP contribution < -0.4 is 0 Å². The molecular formula is C21H36O2Si. The molecule has 0 amide bonds. The maximum atomic E-state index is 6.95. The molecule has 136 valence electrons. The van der Waals surface area contributed by atoms with Crippen LogP contribution in [0.25, 0.3) is 0 Å². The summed E-state index contributed by atoms with van der Waals surface area (Å²) in [4.78, 5) is 0. The summed E-state index contributed by atoms with van der Waals surface area (Å²) in [6.45, 7) is 16.6. The predicted molar refractivity (Wildman–Crippen MR) is 103 cm³/mol. The van der Waals surface area contributed by atoms with E-state index < -0.39 is 8.32 Å². The van der Waals surface area contributed by atoms with Crippen LogP contribution in [-0.2, 0) is 10.8 Å². The Morgan fingerprint density at radius 1 is 1.17 bits per heavy atom. The van der Waals surface area contributed by atoms with Crippen molar-refractivity contribution in [3.63, 3.8) is 0 Å². The maximum absolute atomic E-state index is 6.95. The summed E-state index contributed by atoms with van der Waals surface area (Å²) < 4.78 is 13.0. The first-order valence-electron chi connectivity index (χ1n) is 9.86. The van der Waals surface area contributed by atoms with Crippen molar-refractivity contribution in [1.29, 1.82) is 0 Å². The lowest BCUT2D eigenvalue weighted by atomic mass is 9.61. The van der Waals surface area contributed by atoms with Crippen molar-refractivity contribution in [2.45, 2.75) is 90.5 Å². The third kappa shape index (κ3) is 3.14. The molecule has 1 aromatic heterocycles. The Kier molecular flexibility index (Phi) is 4.80. The number of aryl methyl sites for hydroxylation is 1.